The van der Waals surface area contributed by atoms with Gasteiger partial charge in [0, 0.05) is 11.3 Å². The van der Waals surface area contributed by atoms with Gasteiger partial charge in [-0.05, 0) is 36.3 Å². The Hall–Kier alpha value is -0.700. The molecule has 4 heteroatoms. The third kappa shape index (κ3) is 1.07. The van der Waals surface area contributed by atoms with E-state index in [0.717, 1.165) is 25.3 Å². The first-order valence-corrected chi connectivity index (χ1v) is 5.75. The fraction of sp³-hybridized carbons (Fsp3) is 0.500. The van der Waals surface area contributed by atoms with Crippen LogP contribution in [0.4, 0.5) is 13.2 Å². The third-order valence-electron chi connectivity index (χ3n) is 4.03. The summed E-state index contributed by atoms with van der Waals surface area (Å²) in [4.78, 5) is 0. The molecule has 3 aliphatic rings. The van der Waals surface area contributed by atoms with Crippen molar-refractivity contribution in [2.45, 2.75) is 24.7 Å². The van der Waals surface area contributed by atoms with Crippen LogP contribution >= 0.6 is 11.6 Å². The van der Waals surface area contributed by atoms with Crippen LogP contribution in [0.2, 0.25) is 0 Å². The molecule has 0 radical (unpaired) electrons. The highest BCUT2D eigenvalue weighted by atomic mass is 35.5. The van der Waals surface area contributed by atoms with Crippen LogP contribution < -0.4 is 0 Å². The van der Waals surface area contributed by atoms with Gasteiger partial charge >= 0.3 is 0 Å². The average molecular weight is 247 g/mol. The smallest absolute Gasteiger partial charge is 0.194 e. The van der Waals surface area contributed by atoms with Crippen LogP contribution in [0.25, 0.3) is 0 Å². The molecule has 86 valence electrons. The molecular weight excluding hydrogens is 237 g/mol. The van der Waals surface area contributed by atoms with Gasteiger partial charge in [0.2, 0.25) is 0 Å². The molecule has 0 saturated heterocycles. The lowest BCUT2D eigenvalue weighted by atomic mass is 9.34. The molecule has 0 unspecified atom stereocenters. The van der Waals surface area contributed by atoms with Crippen molar-refractivity contribution in [1.29, 1.82) is 0 Å². The zero-order valence-corrected chi connectivity index (χ0v) is 9.25. The Balaban J connectivity index is 1.96. The van der Waals surface area contributed by atoms with Crippen molar-refractivity contribution < 1.29 is 13.2 Å². The minimum Gasteiger partial charge on any atom is -0.204 e. The lowest BCUT2D eigenvalue weighted by molar-refractivity contribution is -0.124. The zero-order valence-electron chi connectivity index (χ0n) is 8.49. The first-order valence-electron chi connectivity index (χ1n) is 5.22. The minimum atomic E-state index is -1.36. The van der Waals surface area contributed by atoms with Gasteiger partial charge in [0.05, 0.1) is 0 Å². The molecule has 0 heterocycles. The lowest BCUT2D eigenvalue weighted by Gasteiger charge is -2.70. The lowest BCUT2D eigenvalue weighted by Crippen LogP contribution is -2.65. The standard InChI is InChI=1S/C12H10ClF3/c13-6-11-3-12(4-11,5-11)7-1-2-8(14)10(16)9(7)15/h1-2H,3-6H2. The van der Waals surface area contributed by atoms with Crippen molar-refractivity contribution in [2.24, 2.45) is 5.41 Å². The Bertz CT molecular complexity index is 450. The van der Waals surface area contributed by atoms with Crippen LogP contribution in [0.1, 0.15) is 24.8 Å². The Labute approximate surface area is 96.4 Å². The molecule has 1 aromatic rings. The Morgan fingerprint density at radius 2 is 1.69 bits per heavy atom. The number of halogens is 4. The SMILES string of the molecule is Fc1ccc(C23CC(CCl)(C2)C3)c(F)c1F. The minimum absolute atomic E-state index is 0.138. The second kappa shape index (κ2) is 2.95. The van der Waals surface area contributed by atoms with E-state index >= 15 is 0 Å². The fourth-order valence-electron chi connectivity index (χ4n) is 3.36. The van der Waals surface area contributed by atoms with Crippen molar-refractivity contribution in [3.05, 3.63) is 35.1 Å². The van der Waals surface area contributed by atoms with Crippen LogP contribution in [0, 0.1) is 22.9 Å². The summed E-state index contributed by atoms with van der Waals surface area (Å²) in [6.45, 7) is 0. The van der Waals surface area contributed by atoms with Crippen molar-refractivity contribution in [1.82, 2.24) is 0 Å². The van der Waals surface area contributed by atoms with E-state index in [-0.39, 0.29) is 10.8 Å². The van der Waals surface area contributed by atoms with Crippen LogP contribution in [0.5, 0.6) is 0 Å². The van der Waals surface area contributed by atoms with Crippen molar-refractivity contribution >= 4 is 11.6 Å². The van der Waals surface area contributed by atoms with Gasteiger partial charge in [0.25, 0.3) is 0 Å². The monoisotopic (exact) mass is 246 g/mol. The maximum absolute atomic E-state index is 13.6. The predicted octanol–water partition coefficient (Wildman–Crippen LogP) is 3.76. The highest BCUT2D eigenvalue weighted by molar-refractivity contribution is 6.18. The normalized spacial score (nSPS) is 35.5. The maximum atomic E-state index is 13.6. The van der Waals surface area contributed by atoms with E-state index in [1.165, 1.54) is 6.07 Å². The summed E-state index contributed by atoms with van der Waals surface area (Å²) >= 11 is 5.80. The summed E-state index contributed by atoms with van der Waals surface area (Å²) in [6.07, 6.45) is 2.39. The Morgan fingerprint density at radius 1 is 1.06 bits per heavy atom. The van der Waals surface area contributed by atoms with Gasteiger partial charge in [-0.1, -0.05) is 6.07 Å². The molecule has 0 amide bonds. The Morgan fingerprint density at radius 3 is 2.25 bits per heavy atom. The number of rotatable bonds is 2. The molecule has 0 nitrogen and oxygen atoms in total. The van der Waals surface area contributed by atoms with Crippen molar-refractivity contribution in [3.8, 4) is 0 Å². The largest absolute Gasteiger partial charge is 0.204 e. The molecule has 0 aromatic heterocycles. The number of hydrogen-bond donors (Lipinski definition) is 0. The quantitative estimate of drug-likeness (QED) is 0.551. The van der Waals surface area contributed by atoms with Gasteiger partial charge in [-0.25, -0.2) is 13.2 Å². The van der Waals surface area contributed by atoms with Crippen LogP contribution in [0.3, 0.4) is 0 Å². The van der Waals surface area contributed by atoms with Crippen molar-refractivity contribution in [2.75, 3.05) is 5.88 Å². The zero-order chi connectivity index (χ0) is 11.6. The van der Waals surface area contributed by atoms with Gasteiger partial charge in [-0.3, -0.25) is 0 Å². The van der Waals surface area contributed by atoms with Gasteiger partial charge in [-0.2, -0.15) is 0 Å². The van der Waals surface area contributed by atoms with E-state index in [1.54, 1.807) is 0 Å². The van der Waals surface area contributed by atoms with E-state index in [4.69, 9.17) is 11.6 Å². The molecule has 3 fully saturated rings. The summed E-state index contributed by atoms with van der Waals surface area (Å²) in [5.41, 5.74) is 0.185. The molecule has 0 spiro atoms. The molecule has 1 aromatic carbocycles. The maximum Gasteiger partial charge on any atom is 0.194 e. The summed E-state index contributed by atoms with van der Waals surface area (Å²) in [5.74, 6) is -2.94. The van der Waals surface area contributed by atoms with E-state index in [1.807, 2.05) is 0 Å². The number of hydrogen-bond acceptors (Lipinski definition) is 0. The van der Waals surface area contributed by atoms with Crippen LogP contribution in [-0.2, 0) is 5.41 Å². The molecular formula is C12H10ClF3. The van der Waals surface area contributed by atoms with E-state index in [0.29, 0.717) is 11.4 Å². The molecule has 0 aliphatic heterocycles. The molecule has 4 rings (SSSR count). The molecule has 3 aliphatic carbocycles. The van der Waals surface area contributed by atoms with E-state index in [2.05, 4.69) is 0 Å². The molecule has 3 saturated carbocycles. The average Bonchev–Trinajstić information content (AvgIpc) is 2.14. The van der Waals surface area contributed by atoms with Gasteiger partial charge in [-0.15, -0.1) is 11.6 Å². The summed E-state index contributed by atoms with van der Waals surface area (Å²) in [7, 11) is 0. The van der Waals surface area contributed by atoms with Gasteiger partial charge < -0.3 is 0 Å². The second-order valence-corrected chi connectivity index (χ2v) is 5.43. The van der Waals surface area contributed by atoms with Crippen LogP contribution in [-0.4, -0.2) is 5.88 Å². The third-order valence-corrected chi connectivity index (χ3v) is 4.60. The highest BCUT2D eigenvalue weighted by Crippen LogP contribution is 2.74. The predicted molar refractivity (Wildman–Crippen MR) is 55.0 cm³/mol. The molecule has 16 heavy (non-hydrogen) atoms. The molecule has 0 N–H and O–H groups in total. The number of benzene rings is 1. The van der Waals surface area contributed by atoms with Crippen LogP contribution in [0.15, 0.2) is 12.1 Å². The second-order valence-electron chi connectivity index (χ2n) is 5.17. The summed E-state index contributed by atoms with van der Waals surface area (Å²) in [6, 6.07) is 2.37. The first kappa shape index (κ1) is 10.5. The Kier molecular flexibility index (Phi) is 1.93. The van der Waals surface area contributed by atoms with Crippen molar-refractivity contribution in [3.63, 3.8) is 0 Å². The van der Waals surface area contributed by atoms with Gasteiger partial charge in [0.15, 0.2) is 17.5 Å². The number of alkyl halides is 1. The van der Waals surface area contributed by atoms with E-state index in [9.17, 15) is 13.2 Å². The molecule has 0 atom stereocenters. The van der Waals surface area contributed by atoms with E-state index < -0.39 is 17.5 Å². The topological polar surface area (TPSA) is 0 Å². The molecule has 2 bridgehead atoms. The summed E-state index contributed by atoms with van der Waals surface area (Å²) < 4.78 is 39.5. The summed E-state index contributed by atoms with van der Waals surface area (Å²) in [5, 5.41) is 0. The fourth-order valence-corrected chi connectivity index (χ4v) is 3.64. The first-order chi connectivity index (χ1) is 7.52. The highest BCUT2D eigenvalue weighted by Gasteiger charge is 2.68. The van der Waals surface area contributed by atoms with Gasteiger partial charge in [0.1, 0.15) is 0 Å².